The highest BCUT2D eigenvalue weighted by atomic mass is 32.1. The van der Waals surface area contributed by atoms with E-state index >= 15 is 0 Å². The van der Waals surface area contributed by atoms with Crippen molar-refractivity contribution in [2.24, 2.45) is 0 Å². The first-order chi connectivity index (χ1) is 19.5. The number of carbonyl (C=O) groups is 1. The largest absolute Gasteiger partial charge is 0.459 e. The van der Waals surface area contributed by atoms with E-state index in [0.717, 1.165) is 57.6 Å². The van der Waals surface area contributed by atoms with Gasteiger partial charge in [0.15, 0.2) is 5.58 Å². The second-order valence-electron chi connectivity index (χ2n) is 10.4. The Morgan fingerprint density at radius 1 is 1.12 bits per heavy atom. The Morgan fingerprint density at radius 3 is 2.83 bits per heavy atom. The van der Waals surface area contributed by atoms with E-state index in [9.17, 15) is 9.59 Å². The Hall–Kier alpha value is -3.52. The predicted octanol–water partition coefficient (Wildman–Crippen LogP) is 3.16. The van der Waals surface area contributed by atoms with Crippen LogP contribution in [0.25, 0.3) is 20.9 Å². The number of thiazole rings is 1. The highest BCUT2D eigenvalue weighted by Gasteiger charge is 2.29. The van der Waals surface area contributed by atoms with Crippen molar-refractivity contribution in [3.05, 3.63) is 45.9 Å². The quantitative estimate of drug-likeness (QED) is 0.270. The molecule has 6 heterocycles. The zero-order valence-corrected chi connectivity index (χ0v) is 23.5. The van der Waals surface area contributed by atoms with Crippen molar-refractivity contribution in [2.45, 2.75) is 44.3 Å². The van der Waals surface area contributed by atoms with E-state index in [4.69, 9.17) is 14.1 Å². The Kier molecular flexibility index (Phi) is 6.66. The number of fused-ring (bicyclic) bond motifs is 2. The molecule has 40 heavy (non-hydrogen) atoms. The van der Waals surface area contributed by atoms with Gasteiger partial charge in [-0.15, -0.1) is 11.3 Å². The molecule has 1 amide bonds. The van der Waals surface area contributed by atoms with E-state index in [-0.39, 0.29) is 17.4 Å². The van der Waals surface area contributed by atoms with Crippen LogP contribution in [-0.2, 0) is 11.3 Å². The van der Waals surface area contributed by atoms with Crippen LogP contribution >= 0.6 is 22.7 Å². The van der Waals surface area contributed by atoms with E-state index in [1.54, 1.807) is 18.5 Å². The lowest BCUT2D eigenvalue weighted by Crippen LogP contribution is -2.68. The summed E-state index contributed by atoms with van der Waals surface area (Å²) in [7, 11) is 0. The third kappa shape index (κ3) is 4.72. The molecule has 0 radical (unpaired) electrons. The topological polar surface area (TPSA) is 149 Å². The van der Waals surface area contributed by atoms with Crippen LogP contribution in [-0.4, -0.2) is 54.3 Å². The van der Waals surface area contributed by atoms with Gasteiger partial charge in [-0.2, -0.15) is 0 Å². The van der Waals surface area contributed by atoms with Crippen LogP contribution in [0, 0.1) is 0 Å². The molecule has 4 aromatic rings. The van der Waals surface area contributed by atoms with E-state index in [0.29, 0.717) is 47.8 Å². The standard InChI is InChI=1S/C27H29N7O4S2/c28-16-3-1-2-4-17(16)31-19-9-14-11-29-26(36)22(14)25(32-19)33-20-12-30-27(39-20)15-13-38-23-18(35)10-21(40-24(15)23)34-5-7-37-8-6-34/h9-10,12-13,16-17H,1-8,11,28H2,(H,29,36)(H2,31,32,33)/p+1/t16-,17+/m1/s1. The third-order valence-corrected chi connectivity index (χ3v) is 9.88. The molecule has 7 rings (SSSR count). The molecule has 0 unspecified atom stereocenters. The molecule has 1 saturated carbocycles. The number of furan rings is 1. The normalized spacial score (nSPS) is 20.9. The smallest absolute Gasteiger partial charge is 0.255 e. The van der Waals surface area contributed by atoms with Gasteiger partial charge in [-0.1, -0.05) is 17.8 Å². The summed E-state index contributed by atoms with van der Waals surface area (Å²) in [6.45, 7) is 3.24. The van der Waals surface area contributed by atoms with Crippen molar-refractivity contribution in [3.8, 4) is 10.6 Å². The fourth-order valence-corrected chi connectivity index (χ4v) is 7.67. The van der Waals surface area contributed by atoms with Gasteiger partial charge >= 0.3 is 0 Å². The summed E-state index contributed by atoms with van der Waals surface area (Å²) in [6.07, 6.45) is 7.87. The van der Waals surface area contributed by atoms with Gasteiger partial charge in [-0.25, -0.2) is 9.97 Å². The van der Waals surface area contributed by atoms with Crippen molar-refractivity contribution in [1.29, 1.82) is 0 Å². The average Bonchev–Trinajstić information content (AvgIpc) is 3.69. The second kappa shape index (κ2) is 10.5. The van der Waals surface area contributed by atoms with Crippen LogP contribution in [0.2, 0.25) is 0 Å². The average molecular weight is 581 g/mol. The zero-order chi connectivity index (χ0) is 27.2. The van der Waals surface area contributed by atoms with Crippen molar-refractivity contribution >= 4 is 60.5 Å². The number of carbonyl (C=O) groups excluding carboxylic acids is 1. The lowest BCUT2D eigenvalue weighted by molar-refractivity contribution is -0.427. The summed E-state index contributed by atoms with van der Waals surface area (Å²) >= 11 is 2.95. The van der Waals surface area contributed by atoms with Gasteiger partial charge in [0.2, 0.25) is 5.43 Å². The van der Waals surface area contributed by atoms with Gasteiger partial charge in [0, 0.05) is 32.1 Å². The summed E-state index contributed by atoms with van der Waals surface area (Å²) in [5.74, 6) is 1.09. The highest BCUT2D eigenvalue weighted by molar-refractivity contribution is 7.23. The van der Waals surface area contributed by atoms with Gasteiger partial charge < -0.3 is 35.7 Å². The Bertz CT molecular complexity index is 1640. The summed E-state index contributed by atoms with van der Waals surface area (Å²) in [6, 6.07) is 4.19. The first-order valence-corrected chi connectivity index (χ1v) is 15.2. The second-order valence-corrected chi connectivity index (χ2v) is 12.4. The number of ether oxygens (including phenoxy) is 1. The molecule has 2 aliphatic heterocycles. The van der Waals surface area contributed by atoms with E-state index in [2.05, 4.69) is 31.6 Å². The molecule has 208 valence electrons. The van der Waals surface area contributed by atoms with E-state index in [1.807, 2.05) is 6.07 Å². The first-order valence-electron chi connectivity index (χ1n) is 13.6. The zero-order valence-electron chi connectivity index (χ0n) is 21.8. The number of nitrogens with zero attached hydrogens (tertiary/aromatic N) is 3. The van der Waals surface area contributed by atoms with Gasteiger partial charge in [0.1, 0.15) is 33.9 Å². The van der Waals surface area contributed by atoms with Crippen LogP contribution in [0.4, 0.5) is 21.6 Å². The van der Waals surface area contributed by atoms with Crippen LogP contribution in [0.5, 0.6) is 0 Å². The molecular weight excluding hydrogens is 550 g/mol. The fraction of sp³-hybridized carbons (Fsp3) is 0.407. The number of hydrogen-bond donors (Lipinski definition) is 4. The van der Waals surface area contributed by atoms with Crippen LogP contribution in [0.3, 0.4) is 0 Å². The summed E-state index contributed by atoms with van der Waals surface area (Å²) in [4.78, 5) is 37.1. The number of nitrogens with one attached hydrogen (secondary N) is 3. The maximum atomic E-state index is 12.8. The van der Waals surface area contributed by atoms with Crippen molar-refractivity contribution in [3.63, 3.8) is 0 Å². The van der Waals surface area contributed by atoms with Gasteiger partial charge in [0.25, 0.3) is 5.91 Å². The lowest BCUT2D eigenvalue weighted by atomic mass is 9.91. The van der Waals surface area contributed by atoms with Crippen LogP contribution in [0.15, 0.2) is 33.8 Å². The molecule has 11 nitrogen and oxygen atoms in total. The maximum Gasteiger partial charge on any atom is 0.255 e. The number of aromatic nitrogens is 2. The molecule has 2 fully saturated rings. The number of anilines is 4. The number of hydrogen-bond acceptors (Lipinski definition) is 11. The fourth-order valence-electron chi connectivity index (χ4n) is 5.60. The minimum absolute atomic E-state index is 0.143. The minimum atomic E-state index is -0.144. The van der Waals surface area contributed by atoms with Gasteiger partial charge in [0.05, 0.1) is 46.3 Å². The maximum absolute atomic E-state index is 12.8. The van der Waals surface area contributed by atoms with Crippen molar-refractivity contribution in [2.75, 3.05) is 41.8 Å². The third-order valence-electron chi connectivity index (χ3n) is 7.74. The van der Waals surface area contributed by atoms with Crippen molar-refractivity contribution in [1.82, 2.24) is 15.3 Å². The molecule has 3 aliphatic rings. The molecule has 2 atom stereocenters. The number of quaternary nitrogens is 1. The van der Waals surface area contributed by atoms with E-state index in [1.165, 1.54) is 35.5 Å². The van der Waals surface area contributed by atoms with Gasteiger partial charge in [-0.3, -0.25) is 9.59 Å². The molecule has 1 aliphatic carbocycles. The monoisotopic (exact) mass is 580 g/mol. The summed E-state index contributed by atoms with van der Waals surface area (Å²) in [5, 5.41) is 12.2. The Labute approximate surface area is 237 Å². The minimum Gasteiger partial charge on any atom is -0.459 e. The molecule has 13 heteroatoms. The molecular formula is C27H30N7O4S2+. The SMILES string of the molecule is [NH3+][C@@H]1CCCC[C@@H]1Nc1cc2c(c(Nc3cnc(-c4coc5c(=O)cc(N6CCOCC6)sc45)s3)n1)C(=O)NC2. The number of amides is 1. The predicted molar refractivity (Wildman–Crippen MR) is 156 cm³/mol. The highest BCUT2D eigenvalue weighted by Crippen LogP contribution is 2.40. The molecule has 0 aromatic carbocycles. The summed E-state index contributed by atoms with van der Waals surface area (Å²) < 4.78 is 11.9. The molecule has 0 bridgehead atoms. The molecule has 1 saturated heterocycles. The van der Waals surface area contributed by atoms with Crippen molar-refractivity contribution < 1.29 is 19.7 Å². The van der Waals surface area contributed by atoms with Gasteiger partial charge in [-0.05, 0) is 24.5 Å². The Morgan fingerprint density at radius 2 is 1.98 bits per heavy atom. The summed E-state index contributed by atoms with van der Waals surface area (Å²) in [5.41, 5.74) is 6.75. The Balaban J connectivity index is 1.19. The number of rotatable bonds is 6. The van der Waals surface area contributed by atoms with Crippen LogP contribution < -0.4 is 32.0 Å². The van der Waals surface area contributed by atoms with Crippen LogP contribution in [0.1, 0.15) is 41.6 Å². The lowest BCUT2D eigenvalue weighted by Gasteiger charge is -2.27. The molecule has 4 aromatic heterocycles. The first kappa shape index (κ1) is 25.4. The molecule has 6 N–H and O–H groups in total. The number of pyridine rings is 1. The molecule has 0 spiro atoms. The number of morpholine rings is 1. The van der Waals surface area contributed by atoms with E-state index < -0.39 is 0 Å².